The quantitative estimate of drug-likeness (QED) is 0.602. The van der Waals surface area contributed by atoms with E-state index in [1.54, 1.807) is 18.2 Å². The lowest BCUT2D eigenvalue weighted by atomic mass is 10.2. The van der Waals surface area contributed by atoms with Gasteiger partial charge < -0.3 is 20.1 Å². The van der Waals surface area contributed by atoms with E-state index in [-0.39, 0.29) is 0 Å². The van der Waals surface area contributed by atoms with E-state index < -0.39 is 5.97 Å². The summed E-state index contributed by atoms with van der Waals surface area (Å²) < 4.78 is 10.3. The first-order valence-corrected chi connectivity index (χ1v) is 6.45. The predicted molar refractivity (Wildman–Crippen MR) is 75.5 cm³/mol. The molecule has 1 aromatic rings. The zero-order chi connectivity index (χ0) is 14.3. The van der Waals surface area contributed by atoms with E-state index in [9.17, 15) is 4.79 Å². The van der Waals surface area contributed by atoms with Crippen LogP contribution in [0.3, 0.4) is 0 Å². The molecule has 0 radical (unpaired) electrons. The van der Waals surface area contributed by atoms with Crippen LogP contribution < -0.4 is 10.5 Å². The first kappa shape index (κ1) is 15.3. The van der Waals surface area contributed by atoms with Crippen molar-refractivity contribution in [2.45, 2.75) is 13.8 Å². The normalized spacial score (nSPS) is 10.5. The molecule has 0 aliphatic heterocycles. The van der Waals surface area contributed by atoms with Crippen LogP contribution in [0.2, 0.25) is 0 Å². The van der Waals surface area contributed by atoms with Crippen molar-refractivity contribution >= 4 is 11.7 Å². The van der Waals surface area contributed by atoms with Gasteiger partial charge in [-0.1, -0.05) is 13.8 Å². The number of ether oxygens (including phenoxy) is 2. The second-order valence-corrected chi connectivity index (χ2v) is 4.12. The van der Waals surface area contributed by atoms with Crippen LogP contribution in [0.25, 0.3) is 0 Å². The Morgan fingerprint density at radius 1 is 1.32 bits per heavy atom. The number of hydrogen-bond acceptors (Lipinski definition) is 5. The van der Waals surface area contributed by atoms with E-state index in [1.165, 1.54) is 7.11 Å². The molecule has 1 rings (SSSR count). The summed E-state index contributed by atoms with van der Waals surface area (Å²) in [4.78, 5) is 13.7. The lowest BCUT2D eigenvalue weighted by Gasteiger charge is -2.18. The Morgan fingerprint density at radius 2 is 2.00 bits per heavy atom. The molecule has 5 nitrogen and oxygen atoms in total. The number of carbonyl (C=O) groups is 1. The fraction of sp³-hybridized carbons (Fsp3) is 0.500. The number of nitrogens with zero attached hydrogens (tertiary/aromatic N) is 1. The maximum atomic E-state index is 11.4. The summed E-state index contributed by atoms with van der Waals surface area (Å²) in [5.74, 6) is 0.128. The molecule has 0 amide bonds. The van der Waals surface area contributed by atoms with Crippen LogP contribution in [-0.2, 0) is 4.74 Å². The molecule has 0 spiro atoms. The molecule has 2 N–H and O–H groups in total. The van der Waals surface area contributed by atoms with Crippen LogP contribution in [-0.4, -0.2) is 44.2 Å². The molecule has 0 heterocycles. The predicted octanol–water partition coefficient (Wildman–Crippen LogP) is 1.78. The van der Waals surface area contributed by atoms with E-state index in [1.807, 2.05) is 0 Å². The van der Waals surface area contributed by atoms with Crippen molar-refractivity contribution in [2.75, 3.05) is 39.1 Å². The Bertz CT molecular complexity index is 417. The Hall–Kier alpha value is -1.75. The number of carbonyl (C=O) groups excluding carboxylic acids is 1. The Labute approximate surface area is 114 Å². The monoisotopic (exact) mass is 266 g/mol. The van der Waals surface area contributed by atoms with Crippen molar-refractivity contribution in [3.8, 4) is 5.75 Å². The second-order valence-electron chi connectivity index (χ2n) is 4.12. The summed E-state index contributed by atoms with van der Waals surface area (Å²) in [5, 5.41) is 0. The van der Waals surface area contributed by atoms with Crippen molar-refractivity contribution < 1.29 is 14.3 Å². The number of hydrogen-bond donors (Lipinski definition) is 1. The van der Waals surface area contributed by atoms with Crippen LogP contribution in [0.1, 0.15) is 24.2 Å². The number of nitrogen functional groups attached to an aromatic ring is 1. The number of esters is 1. The van der Waals surface area contributed by atoms with Crippen LogP contribution in [0.5, 0.6) is 5.75 Å². The first-order valence-electron chi connectivity index (χ1n) is 6.45. The summed E-state index contributed by atoms with van der Waals surface area (Å²) in [5.41, 5.74) is 6.78. The lowest BCUT2D eigenvalue weighted by molar-refractivity contribution is 0.0600. The van der Waals surface area contributed by atoms with Crippen molar-refractivity contribution in [1.29, 1.82) is 0 Å². The molecule has 5 heteroatoms. The third-order valence-corrected chi connectivity index (χ3v) is 2.99. The average molecular weight is 266 g/mol. The molecular formula is C14H22N2O3. The van der Waals surface area contributed by atoms with Crippen molar-refractivity contribution in [3.63, 3.8) is 0 Å². The van der Waals surface area contributed by atoms with E-state index in [2.05, 4.69) is 23.5 Å². The van der Waals surface area contributed by atoms with Gasteiger partial charge in [0.15, 0.2) is 0 Å². The topological polar surface area (TPSA) is 64.8 Å². The smallest absolute Gasteiger partial charge is 0.337 e. The SMILES string of the molecule is CCN(CC)CCOc1cc(C(=O)OC)ccc1N. The minimum absolute atomic E-state index is 0.395. The molecule has 0 fully saturated rings. The van der Waals surface area contributed by atoms with Gasteiger partial charge in [-0.15, -0.1) is 0 Å². The average Bonchev–Trinajstić information content (AvgIpc) is 2.44. The Morgan fingerprint density at radius 3 is 2.58 bits per heavy atom. The number of likely N-dealkylation sites (N-methyl/N-ethyl adjacent to an activating group) is 1. The number of benzene rings is 1. The number of anilines is 1. The summed E-state index contributed by atoms with van der Waals surface area (Å²) in [6.45, 7) is 7.55. The highest BCUT2D eigenvalue weighted by Gasteiger charge is 2.09. The van der Waals surface area contributed by atoms with Gasteiger partial charge in [-0.2, -0.15) is 0 Å². The van der Waals surface area contributed by atoms with Crippen LogP contribution in [0, 0.1) is 0 Å². The van der Waals surface area contributed by atoms with Gasteiger partial charge in [0, 0.05) is 6.54 Å². The van der Waals surface area contributed by atoms with E-state index in [0.717, 1.165) is 19.6 Å². The summed E-state index contributed by atoms with van der Waals surface area (Å²) in [6.07, 6.45) is 0. The van der Waals surface area contributed by atoms with Crippen molar-refractivity contribution in [1.82, 2.24) is 4.90 Å². The van der Waals surface area contributed by atoms with Crippen molar-refractivity contribution in [2.24, 2.45) is 0 Å². The van der Waals surface area contributed by atoms with Gasteiger partial charge >= 0.3 is 5.97 Å². The van der Waals surface area contributed by atoms with Gasteiger partial charge in [0.25, 0.3) is 0 Å². The Kier molecular flexibility index (Phi) is 6.15. The minimum Gasteiger partial charge on any atom is -0.490 e. The lowest BCUT2D eigenvalue weighted by Crippen LogP contribution is -2.28. The van der Waals surface area contributed by atoms with E-state index >= 15 is 0 Å². The standard InChI is InChI=1S/C14H22N2O3/c1-4-16(5-2)8-9-19-13-10-11(14(17)18-3)6-7-12(13)15/h6-7,10H,4-5,8-9,15H2,1-3H3. The largest absolute Gasteiger partial charge is 0.490 e. The Balaban J connectivity index is 2.64. The number of nitrogens with two attached hydrogens (primary N) is 1. The van der Waals surface area contributed by atoms with Gasteiger partial charge in [-0.05, 0) is 31.3 Å². The van der Waals surface area contributed by atoms with Crippen molar-refractivity contribution in [3.05, 3.63) is 23.8 Å². The highest BCUT2D eigenvalue weighted by atomic mass is 16.5. The molecule has 0 aromatic heterocycles. The molecule has 1 aromatic carbocycles. The molecule has 0 saturated carbocycles. The molecular weight excluding hydrogens is 244 g/mol. The van der Waals surface area contributed by atoms with Crippen LogP contribution in [0.15, 0.2) is 18.2 Å². The summed E-state index contributed by atoms with van der Waals surface area (Å²) >= 11 is 0. The fourth-order valence-corrected chi connectivity index (χ4v) is 1.73. The van der Waals surface area contributed by atoms with Gasteiger partial charge in [0.1, 0.15) is 12.4 Å². The minimum atomic E-state index is -0.395. The van der Waals surface area contributed by atoms with Gasteiger partial charge in [0.2, 0.25) is 0 Å². The third kappa shape index (κ3) is 4.44. The molecule has 0 aliphatic carbocycles. The molecule has 106 valence electrons. The summed E-state index contributed by atoms with van der Waals surface area (Å²) in [6, 6.07) is 4.89. The molecule has 0 aliphatic rings. The maximum Gasteiger partial charge on any atom is 0.337 e. The first-order chi connectivity index (χ1) is 9.12. The second kappa shape index (κ2) is 7.63. The maximum absolute atomic E-state index is 11.4. The zero-order valence-corrected chi connectivity index (χ0v) is 11.8. The van der Waals surface area contributed by atoms with E-state index in [0.29, 0.717) is 23.6 Å². The van der Waals surface area contributed by atoms with Gasteiger partial charge in [0.05, 0.1) is 18.4 Å². The van der Waals surface area contributed by atoms with Gasteiger partial charge in [-0.3, -0.25) is 0 Å². The van der Waals surface area contributed by atoms with E-state index in [4.69, 9.17) is 10.5 Å². The van der Waals surface area contributed by atoms with Crippen LogP contribution in [0.4, 0.5) is 5.69 Å². The fourth-order valence-electron chi connectivity index (χ4n) is 1.73. The number of methoxy groups -OCH3 is 1. The highest BCUT2D eigenvalue weighted by Crippen LogP contribution is 2.23. The molecule has 0 bridgehead atoms. The molecule has 0 saturated heterocycles. The third-order valence-electron chi connectivity index (χ3n) is 2.99. The van der Waals surface area contributed by atoms with Crippen LogP contribution >= 0.6 is 0 Å². The zero-order valence-electron chi connectivity index (χ0n) is 11.8. The highest BCUT2D eigenvalue weighted by molar-refractivity contribution is 5.90. The molecule has 0 unspecified atom stereocenters. The molecule has 0 atom stereocenters. The number of rotatable bonds is 7. The molecule has 19 heavy (non-hydrogen) atoms. The van der Waals surface area contributed by atoms with Gasteiger partial charge in [-0.25, -0.2) is 4.79 Å². The summed E-state index contributed by atoms with van der Waals surface area (Å²) in [7, 11) is 1.35.